The molecule has 0 amide bonds. The van der Waals surface area contributed by atoms with Gasteiger partial charge >= 0.3 is 0 Å². The monoisotopic (exact) mass is 353 g/mol. The third-order valence-electron chi connectivity index (χ3n) is 3.07. The largest absolute Gasteiger partial charge is 0.389 e. The van der Waals surface area contributed by atoms with Gasteiger partial charge in [-0.3, -0.25) is 0 Å². The molecule has 1 N–H and O–H groups in total. The normalized spacial score (nSPS) is 26.4. The number of sulfonamides is 1. The van der Waals surface area contributed by atoms with Crippen molar-refractivity contribution < 1.29 is 13.5 Å². The predicted molar refractivity (Wildman–Crippen MR) is 75.4 cm³/mol. The lowest BCUT2D eigenvalue weighted by Gasteiger charge is -2.35. The van der Waals surface area contributed by atoms with Crippen molar-refractivity contribution >= 4 is 37.3 Å². The Morgan fingerprint density at radius 1 is 1.56 bits per heavy atom. The van der Waals surface area contributed by atoms with Gasteiger partial charge in [-0.15, -0.1) is 11.3 Å². The second kappa shape index (κ2) is 4.86. The van der Waals surface area contributed by atoms with Gasteiger partial charge in [0.25, 0.3) is 10.0 Å². The molecule has 0 spiro atoms. The molecular weight excluding hydrogens is 338 g/mol. The van der Waals surface area contributed by atoms with Crippen molar-refractivity contribution in [1.82, 2.24) is 4.31 Å². The summed E-state index contributed by atoms with van der Waals surface area (Å²) >= 11 is 4.56. The van der Waals surface area contributed by atoms with Crippen molar-refractivity contribution in [2.24, 2.45) is 0 Å². The van der Waals surface area contributed by atoms with Crippen molar-refractivity contribution in [3.63, 3.8) is 0 Å². The van der Waals surface area contributed by atoms with Crippen LogP contribution in [0.1, 0.15) is 25.3 Å². The van der Waals surface area contributed by atoms with E-state index in [-0.39, 0.29) is 6.54 Å². The van der Waals surface area contributed by atoms with Gasteiger partial charge in [-0.25, -0.2) is 8.42 Å². The Kier molecular flexibility index (Phi) is 3.91. The summed E-state index contributed by atoms with van der Waals surface area (Å²) in [5.41, 5.74) is -0.00293. The van der Waals surface area contributed by atoms with E-state index in [4.69, 9.17) is 0 Å². The Balaban J connectivity index is 2.31. The van der Waals surface area contributed by atoms with E-state index in [0.717, 1.165) is 9.35 Å². The average Bonchev–Trinajstić information content (AvgIpc) is 2.58. The highest BCUT2D eigenvalue weighted by Crippen LogP contribution is 2.34. The predicted octanol–water partition coefficient (Wildman–Crippen LogP) is 2.35. The lowest BCUT2D eigenvalue weighted by Crippen LogP contribution is -2.48. The van der Waals surface area contributed by atoms with Crippen LogP contribution in [0.15, 0.2) is 14.1 Å². The van der Waals surface area contributed by atoms with Gasteiger partial charge in [0, 0.05) is 13.1 Å². The highest BCUT2D eigenvalue weighted by Gasteiger charge is 2.36. The molecule has 0 aliphatic carbocycles. The molecule has 2 rings (SSSR count). The van der Waals surface area contributed by atoms with Crippen LogP contribution in [0.2, 0.25) is 0 Å². The van der Waals surface area contributed by atoms with Crippen molar-refractivity contribution in [2.75, 3.05) is 13.1 Å². The average molecular weight is 354 g/mol. The van der Waals surface area contributed by atoms with Gasteiger partial charge in [0.15, 0.2) is 0 Å². The molecule has 1 aromatic heterocycles. The number of nitrogens with zero attached hydrogens (tertiary/aromatic N) is 1. The minimum Gasteiger partial charge on any atom is -0.389 e. The van der Waals surface area contributed by atoms with Crippen LogP contribution >= 0.6 is 27.3 Å². The van der Waals surface area contributed by atoms with Gasteiger partial charge in [-0.1, -0.05) is 0 Å². The van der Waals surface area contributed by atoms with Gasteiger partial charge in [0.2, 0.25) is 0 Å². The van der Waals surface area contributed by atoms with Crippen molar-refractivity contribution in [3.8, 4) is 0 Å². The summed E-state index contributed by atoms with van der Waals surface area (Å²) in [5, 5.41) is 10.0. The Morgan fingerprint density at radius 3 is 2.72 bits per heavy atom. The number of thiophene rings is 1. The van der Waals surface area contributed by atoms with E-state index < -0.39 is 15.6 Å². The number of aryl methyl sites for hydroxylation is 1. The van der Waals surface area contributed by atoms with E-state index in [2.05, 4.69) is 15.9 Å². The van der Waals surface area contributed by atoms with Crippen molar-refractivity contribution in [1.29, 1.82) is 0 Å². The molecule has 7 heteroatoms. The van der Waals surface area contributed by atoms with Crippen LogP contribution in [0.3, 0.4) is 0 Å². The zero-order chi connectivity index (χ0) is 13.6. The van der Waals surface area contributed by atoms with Crippen molar-refractivity contribution in [3.05, 3.63) is 15.4 Å². The van der Waals surface area contributed by atoms with Crippen LogP contribution in [0.4, 0.5) is 0 Å². The summed E-state index contributed by atoms with van der Waals surface area (Å²) in [5.74, 6) is 0. The molecule has 1 unspecified atom stereocenters. The van der Waals surface area contributed by atoms with E-state index in [1.165, 1.54) is 15.6 Å². The maximum absolute atomic E-state index is 12.4. The molecule has 18 heavy (non-hydrogen) atoms. The summed E-state index contributed by atoms with van der Waals surface area (Å²) in [6.45, 7) is 4.20. The fourth-order valence-corrected chi connectivity index (χ4v) is 6.04. The SMILES string of the molecule is Cc1cc(S(=O)(=O)N2CCCC(C)(O)C2)sc1Br. The second-order valence-corrected chi connectivity index (χ2v) is 9.50. The maximum Gasteiger partial charge on any atom is 0.252 e. The lowest BCUT2D eigenvalue weighted by atomic mass is 9.97. The quantitative estimate of drug-likeness (QED) is 0.887. The highest BCUT2D eigenvalue weighted by atomic mass is 79.9. The lowest BCUT2D eigenvalue weighted by molar-refractivity contribution is 0.00945. The van der Waals surface area contributed by atoms with Gasteiger partial charge in [-0.05, 0) is 54.2 Å². The molecule has 1 fully saturated rings. The first kappa shape index (κ1) is 14.5. The number of β-amino-alcohol motifs (C(OH)–C–C–N with tert-alkyl or cyclic N) is 1. The molecule has 0 saturated carbocycles. The van der Waals surface area contributed by atoms with E-state index >= 15 is 0 Å². The van der Waals surface area contributed by atoms with Crippen LogP contribution in [-0.4, -0.2) is 36.5 Å². The van der Waals surface area contributed by atoms with Gasteiger partial charge < -0.3 is 5.11 Å². The fourth-order valence-electron chi connectivity index (χ4n) is 2.07. The zero-order valence-corrected chi connectivity index (χ0v) is 13.5. The number of aliphatic hydroxyl groups is 1. The maximum atomic E-state index is 12.4. The molecule has 4 nitrogen and oxygen atoms in total. The van der Waals surface area contributed by atoms with E-state index in [9.17, 15) is 13.5 Å². The smallest absolute Gasteiger partial charge is 0.252 e. The standard InChI is InChI=1S/C11H16BrNO3S2/c1-8-6-9(17-10(8)12)18(15,16)13-5-3-4-11(2,14)7-13/h6,14H,3-5,7H2,1-2H3. The van der Waals surface area contributed by atoms with Crippen LogP contribution < -0.4 is 0 Å². The number of hydrogen-bond donors (Lipinski definition) is 1. The van der Waals surface area contributed by atoms with Crippen molar-refractivity contribution in [2.45, 2.75) is 36.5 Å². The summed E-state index contributed by atoms with van der Waals surface area (Å²) in [4.78, 5) is 0. The minimum atomic E-state index is -3.47. The first-order valence-corrected chi connectivity index (χ1v) is 8.76. The molecule has 1 aliphatic heterocycles. The Bertz CT molecular complexity index is 531. The number of rotatable bonds is 2. The number of piperidine rings is 1. The Morgan fingerprint density at radius 2 is 2.22 bits per heavy atom. The van der Waals surface area contributed by atoms with Crippen LogP contribution in [0, 0.1) is 6.92 Å². The second-order valence-electron chi connectivity index (χ2n) is 4.96. The zero-order valence-electron chi connectivity index (χ0n) is 10.3. The summed E-state index contributed by atoms with van der Waals surface area (Å²) in [7, 11) is -3.47. The molecule has 0 radical (unpaired) electrons. The third kappa shape index (κ3) is 2.80. The third-order valence-corrected chi connectivity index (χ3v) is 7.50. The highest BCUT2D eigenvalue weighted by molar-refractivity contribution is 9.11. The first-order chi connectivity index (χ1) is 8.22. The molecule has 1 aliphatic rings. The number of halogens is 1. The van der Waals surface area contributed by atoms with Gasteiger partial charge in [-0.2, -0.15) is 4.31 Å². The summed E-state index contributed by atoms with van der Waals surface area (Å²) < 4.78 is 27.4. The molecule has 1 saturated heterocycles. The first-order valence-electron chi connectivity index (χ1n) is 5.71. The summed E-state index contributed by atoms with van der Waals surface area (Å²) in [6, 6.07) is 1.67. The Labute approximate surface area is 120 Å². The van der Waals surface area contributed by atoms with E-state index in [1.54, 1.807) is 13.0 Å². The molecule has 0 aromatic carbocycles. The molecule has 1 aromatic rings. The topological polar surface area (TPSA) is 57.6 Å². The van der Waals surface area contributed by atoms with Gasteiger partial charge in [0.05, 0.1) is 9.39 Å². The molecule has 1 atom stereocenters. The number of hydrogen-bond acceptors (Lipinski definition) is 4. The van der Waals surface area contributed by atoms with E-state index in [1.807, 2.05) is 6.92 Å². The van der Waals surface area contributed by atoms with Crippen LogP contribution in [0.25, 0.3) is 0 Å². The van der Waals surface area contributed by atoms with Crippen LogP contribution in [0.5, 0.6) is 0 Å². The van der Waals surface area contributed by atoms with Crippen LogP contribution in [-0.2, 0) is 10.0 Å². The molecular formula is C11H16BrNO3S2. The summed E-state index contributed by atoms with van der Waals surface area (Å²) in [6.07, 6.45) is 1.34. The fraction of sp³-hybridized carbons (Fsp3) is 0.636. The molecule has 2 heterocycles. The molecule has 0 bridgehead atoms. The molecule has 102 valence electrons. The van der Waals surface area contributed by atoms with Gasteiger partial charge in [0.1, 0.15) is 4.21 Å². The minimum absolute atomic E-state index is 0.171. The Hall–Kier alpha value is 0.0500. The van der Waals surface area contributed by atoms with E-state index in [0.29, 0.717) is 23.6 Å².